The van der Waals surface area contributed by atoms with Crippen LogP contribution in [0.5, 0.6) is 11.5 Å². The van der Waals surface area contributed by atoms with Gasteiger partial charge in [0, 0.05) is 6.04 Å². The van der Waals surface area contributed by atoms with Gasteiger partial charge in [-0.3, -0.25) is 5.32 Å². The van der Waals surface area contributed by atoms with Crippen molar-refractivity contribution in [3.05, 3.63) is 23.8 Å². The van der Waals surface area contributed by atoms with E-state index in [1.807, 2.05) is 13.8 Å². The molecule has 0 amide bonds. The second kappa shape index (κ2) is 7.72. The SMILES string of the molecule is COC(=O)c1ccc(OCC(O)NC(C)C)c(OC)c1. The van der Waals surface area contributed by atoms with Gasteiger partial charge < -0.3 is 19.3 Å². The molecule has 2 N–H and O–H groups in total. The van der Waals surface area contributed by atoms with Gasteiger partial charge in [-0.1, -0.05) is 0 Å². The molecule has 0 aromatic heterocycles. The summed E-state index contributed by atoms with van der Waals surface area (Å²) in [6.07, 6.45) is -0.778. The number of hydrogen-bond donors (Lipinski definition) is 2. The van der Waals surface area contributed by atoms with Crippen LogP contribution in [0, 0.1) is 0 Å². The molecule has 0 bridgehead atoms. The van der Waals surface area contributed by atoms with Gasteiger partial charge in [-0.2, -0.15) is 0 Å². The van der Waals surface area contributed by atoms with E-state index in [1.54, 1.807) is 12.1 Å². The van der Waals surface area contributed by atoms with E-state index < -0.39 is 12.2 Å². The predicted octanol–water partition coefficient (Wildman–Crippen LogP) is 1.18. The second-order valence-corrected chi connectivity index (χ2v) is 4.51. The lowest BCUT2D eigenvalue weighted by Gasteiger charge is -2.17. The molecule has 0 aliphatic carbocycles. The van der Waals surface area contributed by atoms with Crippen LogP contribution in [-0.4, -0.2) is 44.2 Å². The lowest BCUT2D eigenvalue weighted by molar-refractivity contribution is 0.0598. The fourth-order valence-electron chi connectivity index (χ4n) is 1.63. The third kappa shape index (κ3) is 4.71. The van der Waals surface area contributed by atoms with Crippen molar-refractivity contribution < 1.29 is 24.1 Å². The maximum absolute atomic E-state index is 11.4. The summed E-state index contributed by atoms with van der Waals surface area (Å²) < 4.78 is 15.3. The van der Waals surface area contributed by atoms with E-state index >= 15 is 0 Å². The zero-order valence-corrected chi connectivity index (χ0v) is 12.2. The molecule has 0 aliphatic rings. The van der Waals surface area contributed by atoms with Gasteiger partial charge in [0.25, 0.3) is 0 Å². The number of rotatable bonds is 7. The summed E-state index contributed by atoms with van der Waals surface area (Å²) in [7, 11) is 2.79. The Hall–Kier alpha value is -1.79. The van der Waals surface area contributed by atoms with Crippen molar-refractivity contribution in [2.45, 2.75) is 26.1 Å². The van der Waals surface area contributed by atoms with E-state index in [1.165, 1.54) is 20.3 Å². The summed E-state index contributed by atoms with van der Waals surface area (Å²) in [5, 5.41) is 12.6. The minimum Gasteiger partial charge on any atom is -0.493 e. The zero-order valence-electron chi connectivity index (χ0n) is 12.2. The van der Waals surface area contributed by atoms with Gasteiger partial charge in [0.2, 0.25) is 0 Å². The Morgan fingerprint density at radius 2 is 2.00 bits per heavy atom. The first kappa shape index (κ1) is 16.3. The van der Waals surface area contributed by atoms with Crippen molar-refractivity contribution in [2.75, 3.05) is 20.8 Å². The minimum absolute atomic E-state index is 0.0755. The molecule has 0 spiro atoms. The van der Waals surface area contributed by atoms with Crippen LogP contribution in [0.3, 0.4) is 0 Å². The molecule has 0 fully saturated rings. The van der Waals surface area contributed by atoms with Crippen LogP contribution in [0.2, 0.25) is 0 Å². The maximum atomic E-state index is 11.4. The monoisotopic (exact) mass is 283 g/mol. The number of hydrogen-bond acceptors (Lipinski definition) is 6. The van der Waals surface area contributed by atoms with Crippen LogP contribution in [0.15, 0.2) is 18.2 Å². The van der Waals surface area contributed by atoms with Crippen molar-refractivity contribution in [1.82, 2.24) is 5.32 Å². The Balaban J connectivity index is 2.73. The lowest BCUT2D eigenvalue weighted by Crippen LogP contribution is -2.38. The van der Waals surface area contributed by atoms with Crippen molar-refractivity contribution >= 4 is 5.97 Å². The van der Waals surface area contributed by atoms with Crippen molar-refractivity contribution in [3.8, 4) is 11.5 Å². The van der Waals surface area contributed by atoms with Gasteiger partial charge in [-0.05, 0) is 32.0 Å². The summed E-state index contributed by atoms with van der Waals surface area (Å²) in [5.41, 5.74) is 0.373. The number of aliphatic hydroxyl groups excluding tert-OH is 1. The minimum atomic E-state index is -0.778. The molecule has 0 radical (unpaired) electrons. The summed E-state index contributed by atoms with van der Waals surface area (Å²) in [6, 6.07) is 4.86. The first-order valence-electron chi connectivity index (χ1n) is 6.31. The number of ether oxygens (including phenoxy) is 3. The molecule has 0 saturated heterocycles. The number of benzene rings is 1. The molecule has 6 nitrogen and oxygen atoms in total. The molecule has 1 atom stereocenters. The molecule has 1 aromatic carbocycles. The first-order chi connectivity index (χ1) is 9.47. The van der Waals surface area contributed by atoms with Gasteiger partial charge in [-0.15, -0.1) is 0 Å². The van der Waals surface area contributed by atoms with E-state index in [4.69, 9.17) is 9.47 Å². The van der Waals surface area contributed by atoms with Crippen molar-refractivity contribution in [1.29, 1.82) is 0 Å². The molecule has 0 heterocycles. The first-order valence-corrected chi connectivity index (χ1v) is 6.31. The molecule has 6 heteroatoms. The molecule has 112 valence electrons. The topological polar surface area (TPSA) is 77.0 Å². The zero-order chi connectivity index (χ0) is 15.1. The molecule has 1 unspecified atom stereocenters. The van der Waals surface area contributed by atoms with E-state index in [0.717, 1.165) is 0 Å². The highest BCUT2D eigenvalue weighted by atomic mass is 16.5. The molecule has 0 saturated carbocycles. The fraction of sp³-hybridized carbons (Fsp3) is 0.500. The third-order valence-corrected chi connectivity index (χ3v) is 2.51. The molecule has 0 aliphatic heterocycles. The molecule has 20 heavy (non-hydrogen) atoms. The van der Waals surface area contributed by atoms with E-state index in [0.29, 0.717) is 17.1 Å². The summed E-state index contributed by atoms with van der Waals surface area (Å²) in [6.45, 7) is 3.93. The summed E-state index contributed by atoms with van der Waals surface area (Å²) in [5.74, 6) is 0.408. The van der Waals surface area contributed by atoms with Crippen molar-refractivity contribution in [2.24, 2.45) is 0 Å². The van der Waals surface area contributed by atoms with Gasteiger partial charge in [0.1, 0.15) is 12.8 Å². The average molecular weight is 283 g/mol. The molecule has 1 aromatic rings. The largest absolute Gasteiger partial charge is 0.493 e. The number of aliphatic hydroxyl groups is 1. The standard InChI is InChI=1S/C14H21NO5/c1-9(2)15-13(16)8-20-11-6-5-10(14(17)19-4)7-12(11)18-3/h5-7,9,13,15-16H,8H2,1-4H3. The second-order valence-electron chi connectivity index (χ2n) is 4.51. The number of carbonyl (C=O) groups is 1. The highest BCUT2D eigenvalue weighted by Gasteiger charge is 2.13. The van der Waals surface area contributed by atoms with Gasteiger partial charge in [0.05, 0.1) is 19.8 Å². The normalized spacial score (nSPS) is 12.1. The Morgan fingerprint density at radius 1 is 1.30 bits per heavy atom. The van der Waals surface area contributed by atoms with Crippen LogP contribution in [0.25, 0.3) is 0 Å². The Kier molecular flexibility index (Phi) is 6.27. The van der Waals surface area contributed by atoms with Crippen LogP contribution in [-0.2, 0) is 4.74 Å². The Morgan fingerprint density at radius 3 is 2.55 bits per heavy atom. The van der Waals surface area contributed by atoms with Crippen LogP contribution in [0.4, 0.5) is 0 Å². The molecular formula is C14H21NO5. The average Bonchev–Trinajstić information content (AvgIpc) is 2.43. The Labute approximate surface area is 118 Å². The number of esters is 1. The number of carbonyl (C=O) groups excluding carboxylic acids is 1. The van der Waals surface area contributed by atoms with E-state index in [2.05, 4.69) is 10.1 Å². The number of nitrogens with one attached hydrogen (secondary N) is 1. The quantitative estimate of drug-likeness (QED) is 0.578. The summed E-state index contributed by atoms with van der Waals surface area (Å²) in [4.78, 5) is 11.4. The highest BCUT2D eigenvalue weighted by Crippen LogP contribution is 2.28. The highest BCUT2D eigenvalue weighted by molar-refractivity contribution is 5.90. The lowest BCUT2D eigenvalue weighted by atomic mass is 10.2. The van der Waals surface area contributed by atoms with Gasteiger partial charge >= 0.3 is 5.97 Å². The smallest absolute Gasteiger partial charge is 0.337 e. The van der Waals surface area contributed by atoms with Crippen LogP contribution < -0.4 is 14.8 Å². The van der Waals surface area contributed by atoms with E-state index in [9.17, 15) is 9.90 Å². The Bertz CT molecular complexity index is 447. The van der Waals surface area contributed by atoms with Crippen LogP contribution in [0.1, 0.15) is 24.2 Å². The fourth-order valence-corrected chi connectivity index (χ4v) is 1.63. The van der Waals surface area contributed by atoms with Gasteiger partial charge in [0.15, 0.2) is 11.5 Å². The number of methoxy groups -OCH3 is 2. The van der Waals surface area contributed by atoms with E-state index in [-0.39, 0.29) is 12.6 Å². The molecule has 1 rings (SSSR count). The maximum Gasteiger partial charge on any atom is 0.337 e. The van der Waals surface area contributed by atoms with Crippen molar-refractivity contribution in [3.63, 3.8) is 0 Å². The molecular weight excluding hydrogens is 262 g/mol. The van der Waals surface area contributed by atoms with Crippen LogP contribution >= 0.6 is 0 Å². The predicted molar refractivity (Wildman–Crippen MR) is 74.1 cm³/mol. The third-order valence-electron chi connectivity index (χ3n) is 2.51. The van der Waals surface area contributed by atoms with Gasteiger partial charge in [-0.25, -0.2) is 4.79 Å². The summed E-state index contributed by atoms with van der Waals surface area (Å²) >= 11 is 0.